The van der Waals surface area contributed by atoms with E-state index in [1.165, 1.54) is 21.7 Å². The second-order valence-electron chi connectivity index (χ2n) is 10.8. The molecule has 0 unspecified atom stereocenters. The van der Waals surface area contributed by atoms with Crippen LogP contribution in [0.15, 0.2) is 83.8 Å². The molecule has 0 saturated heterocycles. The summed E-state index contributed by atoms with van der Waals surface area (Å²) in [6.45, 7) is 7.36. The normalized spacial score (nSPS) is 13.6. The molecule has 9 nitrogen and oxygen atoms in total. The third-order valence-electron chi connectivity index (χ3n) is 7.35. The van der Waals surface area contributed by atoms with Gasteiger partial charge in [0.05, 0.1) is 31.9 Å². The molecule has 0 saturated carbocycles. The van der Waals surface area contributed by atoms with Gasteiger partial charge in [0.25, 0.3) is 17.7 Å². The topological polar surface area (TPSA) is 117 Å². The fourth-order valence-corrected chi connectivity index (χ4v) is 8.48. The number of carbonyl (C=O) groups excluding carboxylic acids is 3. The summed E-state index contributed by atoms with van der Waals surface area (Å²) in [4.78, 5) is 45.7. The molecule has 3 amide bonds. The zero-order valence-corrected chi connectivity index (χ0v) is 25.5. The van der Waals surface area contributed by atoms with E-state index >= 15 is 0 Å². The minimum absolute atomic E-state index is 0.165. The van der Waals surface area contributed by atoms with Crippen molar-refractivity contribution in [3.05, 3.63) is 95.6 Å². The maximum atomic E-state index is 13.5. The molecule has 43 heavy (non-hydrogen) atoms. The van der Waals surface area contributed by atoms with Crippen LogP contribution in [0, 0.1) is 0 Å². The van der Waals surface area contributed by atoms with Crippen molar-refractivity contribution in [3.8, 4) is 0 Å². The molecule has 0 fully saturated rings. The van der Waals surface area contributed by atoms with Crippen LogP contribution < -0.4 is 10.2 Å². The highest BCUT2D eigenvalue weighted by molar-refractivity contribution is 7.89. The summed E-state index contributed by atoms with van der Waals surface area (Å²) in [5.41, 5.74) is 1.97. The average Bonchev–Trinajstić information content (AvgIpc) is 3.48. The number of anilines is 2. The minimum Gasteiger partial charge on any atom is -0.298 e. The fraction of sp³-hybridized carbons (Fsp3) is 0.188. The van der Waals surface area contributed by atoms with Gasteiger partial charge in [-0.05, 0) is 75.5 Å². The van der Waals surface area contributed by atoms with Crippen molar-refractivity contribution in [2.24, 2.45) is 0 Å². The van der Waals surface area contributed by atoms with E-state index in [0.717, 1.165) is 4.90 Å². The third kappa shape index (κ3) is 4.79. The molecule has 0 aliphatic carbocycles. The average molecular weight is 613 g/mol. The Morgan fingerprint density at radius 2 is 1.44 bits per heavy atom. The molecule has 0 spiro atoms. The van der Waals surface area contributed by atoms with E-state index < -0.39 is 27.7 Å². The lowest BCUT2D eigenvalue weighted by atomic mass is 10.0. The molecule has 0 atom stereocenters. The predicted octanol–water partition coefficient (Wildman–Crippen LogP) is 6.31. The van der Waals surface area contributed by atoms with Gasteiger partial charge in [0, 0.05) is 23.0 Å². The molecule has 0 bridgehead atoms. The minimum atomic E-state index is -3.74. The molecular formula is C32H28N4O5S2. The number of imide groups is 1. The monoisotopic (exact) mass is 612 g/mol. The molecular weight excluding hydrogens is 585 g/mol. The van der Waals surface area contributed by atoms with Crippen LogP contribution in [0.1, 0.15) is 58.8 Å². The van der Waals surface area contributed by atoms with Crippen LogP contribution in [0.3, 0.4) is 0 Å². The number of hydrogen-bond acceptors (Lipinski definition) is 7. The molecule has 6 rings (SSSR count). The van der Waals surface area contributed by atoms with Crippen LogP contribution in [-0.2, 0) is 10.0 Å². The zero-order chi connectivity index (χ0) is 30.6. The number of amides is 3. The van der Waals surface area contributed by atoms with Crippen molar-refractivity contribution < 1.29 is 22.8 Å². The number of nitrogens with zero attached hydrogens (tertiary/aromatic N) is 3. The number of nitrogens with one attached hydrogen (secondary N) is 1. The van der Waals surface area contributed by atoms with Gasteiger partial charge in [0.2, 0.25) is 10.0 Å². The molecule has 5 aromatic rings. The molecule has 11 heteroatoms. The first-order valence-electron chi connectivity index (χ1n) is 13.7. The van der Waals surface area contributed by atoms with Crippen molar-refractivity contribution in [1.82, 2.24) is 9.29 Å². The van der Waals surface area contributed by atoms with Crippen LogP contribution in [0.5, 0.6) is 0 Å². The Balaban J connectivity index is 1.32. The molecule has 218 valence electrons. The fourth-order valence-electron chi connectivity index (χ4n) is 5.64. The molecule has 0 radical (unpaired) electrons. The first-order chi connectivity index (χ1) is 20.5. The lowest BCUT2D eigenvalue weighted by Gasteiger charge is -2.29. The maximum absolute atomic E-state index is 13.5. The highest BCUT2D eigenvalue weighted by atomic mass is 32.2. The van der Waals surface area contributed by atoms with Crippen molar-refractivity contribution in [2.45, 2.75) is 44.7 Å². The predicted molar refractivity (Wildman–Crippen MR) is 168 cm³/mol. The number of carbonyl (C=O) groups is 3. The third-order valence-corrected chi connectivity index (χ3v) is 10.5. The number of rotatable bonds is 7. The van der Waals surface area contributed by atoms with Crippen molar-refractivity contribution in [3.63, 3.8) is 0 Å². The standard InChI is InChI=1S/C32H28N4O5S2/c1-18(2)36(19(3)4)43(40,41)20-13-15-26-28(17-20)42-32(33-26)34-29(37)23-14-16-27(22-10-6-5-9-21(22)23)35-30(38)24-11-7-8-12-25(24)31(35)39/h5-19H,1-4H3,(H,33,34,37). The van der Waals surface area contributed by atoms with E-state index in [1.807, 2.05) is 27.7 Å². The maximum Gasteiger partial charge on any atom is 0.266 e. The molecule has 1 N–H and O–H groups in total. The largest absolute Gasteiger partial charge is 0.298 e. The number of sulfonamides is 1. The summed E-state index contributed by atoms with van der Waals surface area (Å²) in [5, 5.41) is 4.29. The molecule has 2 heterocycles. The number of benzene rings is 4. The quantitative estimate of drug-likeness (QED) is 0.215. The van der Waals surface area contributed by atoms with Crippen molar-refractivity contribution in [2.75, 3.05) is 10.2 Å². The number of aromatic nitrogens is 1. The highest BCUT2D eigenvalue weighted by Crippen LogP contribution is 2.36. The van der Waals surface area contributed by atoms with Gasteiger partial charge in [0.1, 0.15) is 0 Å². The van der Waals surface area contributed by atoms with E-state index in [1.54, 1.807) is 72.8 Å². The number of fused-ring (bicyclic) bond motifs is 3. The Hall–Kier alpha value is -4.45. The Bertz CT molecular complexity index is 2020. The lowest BCUT2D eigenvalue weighted by Crippen LogP contribution is -2.41. The van der Waals surface area contributed by atoms with Crippen molar-refractivity contribution >= 4 is 70.9 Å². The van der Waals surface area contributed by atoms with Gasteiger partial charge in [-0.15, -0.1) is 0 Å². The van der Waals surface area contributed by atoms with Crippen LogP contribution in [0.4, 0.5) is 10.8 Å². The Kier molecular flexibility index (Phi) is 7.11. The van der Waals surface area contributed by atoms with Gasteiger partial charge in [-0.2, -0.15) is 4.31 Å². The Morgan fingerprint density at radius 1 is 0.837 bits per heavy atom. The Morgan fingerprint density at radius 3 is 2.07 bits per heavy atom. The van der Waals surface area contributed by atoms with E-state index in [9.17, 15) is 22.8 Å². The van der Waals surface area contributed by atoms with Gasteiger partial charge < -0.3 is 0 Å². The summed E-state index contributed by atoms with van der Waals surface area (Å²) in [6.07, 6.45) is 0. The zero-order valence-electron chi connectivity index (χ0n) is 23.9. The van der Waals surface area contributed by atoms with E-state index in [4.69, 9.17) is 0 Å². The van der Waals surface area contributed by atoms with Gasteiger partial charge in [-0.3, -0.25) is 19.7 Å². The van der Waals surface area contributed by atoms with Gasteiger partial charge in [0.15, 0.2) is 5.13 Å². The summed E-state index contributed by atoms with van der Waals surface area (Å²) >= 11 is 1.18. The molecule has 4 aromatic carbocycles. The first-order valence-corrected chi connectivity index (χ1v) is 16.0. The summed E-state index contributed by atoms with van der Waals surface area (Å²) < 4.78 is 28.8. The Labute approximate surface area is 252 Å². The van der Waals surface area contributed by atoms with Crippen LogP contribution >= 0.6 is 11.3 Å². The summed E-state index contributed by atoms with van der Waals surface area (Å²) in [5.74, 6) is -1.25. The number of thiazole rings is 1. The highest BCUT2D eigenvalue weighted by Gasteiger charge is 2.37. The van der Waals surface area contributed by atoms with E-state index in [0.29, 0.717) is 48.5 Å². The van der Waals surface area contributed by atoms with E-state index in [2.05, 4.69) is 10.3 Å². The summed E-state index contributed by atoms with van der Waals surface area (Å²) in [6, 6.07) is 21.3. The molecule has 1 aromatic heterocycles. The van der Waals surface area contributed by atoms with Gasteiger partial charge in [-0.1, -0.05) is 47.7 Å². The van der Waals surface area contributed by atoms with Crippen molar-refractivity contribution in [1.29, 1.82) is 0 Å². The second kappa shape index (κ2) is 10.7. The molecule has 1 aliphatic heterocycles. The first kappa shape index (κ1) is 28.7. The smallest absolute Gasteiger partial charge is 0.266 e. The van der Waals surface area contributed by atoms with Crippen LogP contribution in [-0.4, -0.2) is 47.5 Å². The lowest BCUT2D eigenvalue weighted by molar-refractivity contribution is 0.0925. The van der Waals surface area contributed by atoms with Gasteiger partial charge in [-0.25, -0.2) is 18.3 Å². The van der Waals surface area contributed by atoms with Crippen LogP contribution in [0.25, 0.3) is 21.0 Å². The van der Waals surface area contributed by atoms with E-state index in [-0.39, 0.29) is 17.0 Å². The summed E-state index contributed by atoms with van der Waals surface area (Å²) in [7, 11) is -3.74. The number of hydrogen-bond donors (Lipinski definition) is 1. The van der Waals surface area contributed by atoms with Crippen LogP contribution in [0.2, 0.25) is 0 Å². The molecule has 1 aliphatic rings. The second-order valence-corrected chi connectivity index (χ2v) is 13.7. The SMILES string of the molecule is CC(C)N(C(C)C)S(=O)(=O)c1ccc2nc(NC(=O)c3ccc(N4C(=O)c5ccccc5C4=O)c4ccccc34)sc2c1. The van der Waals surface area contributed by atoms with Gasteiger partial charge >= 0.3 is 0 Å².